The van der Waals surface area contributed by atoms with E-state index >= 15 is 0 Å². The molecule has 0 saturated heterocycles. The lowest BCUT2D eigenvalue weighted by molar-refractivity contribution is 1.32. The zero-order valence-electron chi connectivity index (χ0n) is 25.6. The number of imidazole rings is 4. The molecule has 4 heterocycles. The maximum atomic E-state index is 4.64. The second kappa shape index (κ2) is 11.5. The van der Waals surface area contributed by atoms with Crippen LogP contribution in [-0.4, -0.2) is 39.9 Å². The summed E-state index contributed by atoms with van der Waals surface area (Å²) in [5.74, 6) is 3.53. The second-order valence-corrected chi connectivity index (χ2v) is 11.6. The molecular formula is C40H28N8. The van der Waals surface area contributed by atoms with Crippen LogP contribution in [0.15, 0.2) is 146 Å². The predicted molar refractivity (Wildman–Crippen MR) is 193 cm³/mol. The highest BCUT2D eigenvalue weighted by Crippen LogP contribution is 2.27. The Bertz CT molecular complexity index is 2170. The summed E-state index contributed by atoms with van der Waals surface area (Å²) in [6.45, 7) is 0. The van der Waals surface area contributed by atoms with Crippen LogP contribution in [0.3, 0.4) is 0 Å². The molecule has 10 rings (SSSR count). The van der Waals surface area contributed by atoms with Gasteiger partial charge in [0.2, 0.25) is 0 Å². The van der Waals surface area contributed by atoms with Gasteiger partial charge in [0.15, 0.2) is 0 Å². The summed E-state index contributed by atoms with van der Waals surface area (Å²) in [7, 11) is 0. The Morgan fingerprint density at radius 2 is 0.458 bits per heavy atom. The van der Waals surface area contributed by atoms with E-state index in [-0.39, 0.29) is 0 Å². The van der Waals surface area contributed by atoms with Gasteiger partial charge in [-0.1, -0.05) is 97.1 Å². The smallest absolute Gasteiger partial charge is 0.138 e. The number of fused-ring (bicyclic) bond motifs is 4. The summed E-state index contributed by atoms with van der Waals surface area (Å²) >= 11 is 0. The third-order valence-electron chi connectivity index (χ3n) is 8.42. The van der Waals surface area contributed by atoms with Crippen LogP contribution in [0.2, 0.25) is 0 Å². The van der Waals surface area contributed by atoms with Crippen LogP contribution in [-0.2, 0) is 0 Å². The quantitative estimate of drug-likeness (QED) is 0.157. The molecule has 228 valence electrons. The molecule has 4 aromatic heterocycles. The first-order chi connectivity index (χ1) is 23.7. The first kappa shape index (κ1) is 27.5. The first-order valence-corrected chi connectivity index (χ1v) is 15.7. The number of hydrogen-bond donors (Lipinski definition) is 4. The number of hydrogen-bond acceptors (Lipinski definition) is 4. The molecule has 48 heavy (non-hydrogen) atoms. The summed E-state index contributed by atoms with van der Waals surface area (Å²) in [5, 5.41) is 0. The van der Waals surface area contributed by atoms with Crippen LogP contribution >= 0.6 is 0 Å². The summed E-state index contributed by atoms with van der Waals surface area (Å²) in [6, 6.07) is 48.8. The fraction of sp³-hybridized carbons (Fsp3) is 0. The van der Waals surface area contributed by atoms with E-state index in [2.05, 4.69) is 88.4 Å². The highest BCUT2D eigenvalue weighted by atomic mass is 14.9. The number of benzene rings is 6. The Balaban J connectivity index is 0.000000131. The predicted octanol–water partition coefficient (Wildman–Crippen LogP) is 9.55. The van der Waals surface area contributed by atoms with Crippen LogP contribution in [0, 0.1) is 0 Å². The minimum Gasteiger partial charge on any atom is -0.338 e. The second-order valence-electron chi connectivity index (χ2n) is 11.6. The van der Waals surface area contributed by atoms with Crippen molar-refractivity contribution in [3.8, 4) is 45.6 Å². The SMILES string of the molecule is c1ccc2[nH]c(-c3ccc(-c4nc5ccccc5[nH]4)cc3)nc2c1.c1ccc2[nH]c(-c3ccc(-c4nc5ccccc5[nH]4)cc3)nc2c1. The molecule has 8 nitrogen and oxygen atoms in total. The molecule has 0 saturated carbocycles. The molecule has 0 amide bonds. The third kappa shape index (κ3) is 5.17. The number of nitrogens with one attached hydrogen (secondary N) is 4. The lowest BCUT2D eigenvalue weighted by Crippen LogP contribution is -1.83. The van der Waals surface area contributed by atoms with Gasteiger partial charge in [0.1, 0.15) is 23.3 Å². The van der Waals surface area contributed by atoms with E-state index in [1.165, 1.54) is 0 Å². The zero-order valence-corrected chi connectivity index (χ0v) is 25.6. The third-order valence-corrected chi connectivity index (χ3v) is 8.42. The molecule has 0 unspecified atom stereocenters. The van der Waals surface area contributed by atoms with E-state index in [1.807, 2.05) is 97.1 Å². The number of H-pyrrole nitrogens is 4. The average molecular weight is 621 g/mol. The van der Waals surface area contributed by atoms with E-state index in [0.717, 1.165) is 89.7 Å². The van der Waals surface area contributed by atoms with Gasteiger partial charge < -0.3 is 19.9 Å². The molecule has 0 spiro atoms. The summed E-state index contributed by atoms with van der Waals surface area (Å²) < 4.78 is 0. The summed E-state index contributed by atoms with van der Waals surface area (Å²) in [6.07, 6.45) is 0. The highest BCUT2D eigenvalue weighted by molar-refractivity contribution is 5.83. The molecule has 0 aliphatic carbocycles. The molecule has 6 aromatic carbocycles. The molecular weight excluding hydrogens is 592 g/mol. The van der Waals surface area contributed by atoms with E-state index in [4.69, 9.17) is 0 Å². The zero-order chi connectivity index (χ0) is 31.9. The number of aromatic nitrogens is 8. The minimum absolute atomic E-state index is 0.882. The standard InChI is InChI=1S/2C20H14N4/c2*1-2-6-16-15(5-1)21-19(22-16)13-9-11-14(12-10-13)20-23-17-7-3-4-8-18(17)24-20/h2*1-12H,(H,21,22)(H,23,24). The van der Waals surface area contributed by atoms with Gasteiger partial charge in [0, 0.05) is 22.3 Å². The van der Waals surface area contributed by atoms with Gasteiger partial charge in [-0.3, -0.25) is 0 Å². The molecule has 0 bridgehead atoms. The van der Waals surface area contributed by atoms with Crippen molar-refractivity contribution in [1.29, 1.82) is 0 Å². The van der Waals surface area contributed by atoms with Gasteiger partial charge in [-0.15, -0.1) is 0 Å². The van der Waals surface area contributed by atoms with Crippen molar-refractivity contribution in [2.45, 2.75) is 0 Å². The number of nitrogens with zero attached hydrogens (tertiary/aromatic N) is 4. The molecule has 8 heteroatoms. The Labute approximate surface area is 274 Å². The lowest BCUT2D eigenvalue weighted by atomic mass is 10.1. The Hall–Kier alpha value is -6.80. The van der Waals surface area contributed by atoms with Crippen molar-refractivity contribution >= 4 is 44.1 Å². The molecule has 0 aliphatic heterocycles. The van der Waals surface area contributed by atoms with Gasteiger partial charge in [-0.05, 0) is 48.5 Å². The van der Waals surface area contributed by atoms with E-state index in [1.54, 1.807) is 0 Å². The van der Waals surface area contributed by atoms with Gasteiger partial charge in [0.05, 0.1) is 44.1 Å². The van der Waals surface area contributed by atoms with Crippen LogP contribution in [0.4, 0.5) is 0 Å². The number of rotatable bonds is 4. The maximum Gasteiger partial charge on any atom is 0.138 e. The van der Waals surface area contributed by atoms with Crippen LogP contribution in [0.1, 0.15) is 0 Å². The summed E-state index contributed by atoms with van der Waals surface area (Å²) in [4.78, 5) is 32.0. The molecule has 0 fully saturated rings. The van der Waals surface area contributed by atoms with Crippen molar-refractivity contribution in [2.24, 2.45) is 0 Å². The van der Waals surface area contributed by atoms with E-state index in [9.17, 15) is 0 Å². The Kier molecular flexibility index (Phi) is 6.61. The van der Waals surface area contributed by atoms with Crippen LogP contribution in [0.5, 0.6) is 0 Å². The lowest BCUT2D eigenvalue weighted by Gasteiger charge is -1.99. The first-order valence-electron chi connectivity index (χ1n) is 15.7. The fourth-order valence-corrected chi connectivity index (χ4v) is 5.93. The van der Waals surface area contributed by atoms with Crippen molar-refractivity contribution < 1.29 is 0 Å². The average Bonchev–Trinajstić information content (AvgIpc) is 3.95. The topological polar surface area (TPSA) is 115 Å². The van der Waals surface area contributed by atoms with Gasteiger partial charge in [-0.25, -0.2) is 19.9 Å². The van der Waals surface area contributed by atoms with Gasteiger partial charge in [0.25, 0.3) is 0 Å². The maximum absolute atomic E-state index is 4.64. The molecule has 0 aliphatic rings. The van der Waals surface area contributed by atoms with Gasteiger partial charge >= 0.3 is 0 Å². The van der Waals surface area contributed by atoms with Gasteiger partial charge in [-0.2, -0.15) is 0 Å². The van der Waals surface area contributed by atoms with Crippen molar-refractivity contribution in [3.63, 3.8) is 0 Å². The fourth-order valence-electron chi connectivity index (χ4n) is 5.93. The molecule has 4 N–H and O–H groups in total. The Morgan fingerprint density at radius 3 is 0.667 bits per heavy atom. The summed E-state index contributed by atoms with van der Waals surface area (Å²) in [5.41, 5.74) is 12.4. The van der Waals surface area contributed by atoms with Crippen molar-refractivity contribution in [2.75, 3.05) is 0 Å². The molecule has 0 radical (unpaired) electrons. The van der Waals surface area contributed by atoms with E-state index in [0.29, 0.717) is 0 Å². The Morgan fingerprint density at radius 1 is 0.250 bits per heavy atom. The molecule has 0 atom stereocenters. The normalized spacial score (nSPS) is 11.3. The monoisotopic (exact) mass is 620 g/mol. The molecule has 10 aromatic rings. The number of aromatic amines is 4. The largest absolute Gasteiger partial charge is 0.338 e. The van der Waals surface area contributed by atoms with Crippen molar-refractivity contribution in [3.05, 3.63) is 146 Å². The minimum atomic E-state index is 0.882. The number of para-hydroxylation sites is 8. The highest BCUT2D eigenvalue weighted by Gasteiger charge is 2.09. The van der Waals surface area contributed by atoms with Crippen LogP contribution < -0.4 is 0 Å². The van der Waals surface area contributed by atoms with E-state index < -0.39 is 0 Å². The van der Waals surface area contributed by atoms with Crippen molar-refractivity contribution in [1.82, 2.24) is 39.9 Å². The van der Waals surface area contributed by atoms with Crippen LogP contribution in [0.25, 0.3) is 89.7 Å².